The molecule has 2 heterocycles. The lowest BCUT2D eigenvalue weighted by Gasteiger charge is -2.17. The number of halogens is 1. The fraction of sp³-hybridized carbons (Fsp3) is 0.360. The molecule has 0 bridgehead atoms. The van der Waals surface area contributed by atoms with Gasteiger partial charge in [-0.25, -0.2) is 13.2 Å². The molecule has 0 saturated heterocycles. The van der Waals surface area contributed by atoms with E-state index in [-0.39, 0.29) is 52.5 Å². The van der Waals surface area contributed by atoms with E-state index in [0.29, 0.717) is 23.9 Å². The van der Waals surface area contributed by atoms with Crippen LogP contribution in [0.4, 0.5) is 10.1 Å². The Labute approximate surface area is 219 Å². The van der Waals surface area contributed by atoms with E-state index in [0.717, 1.165) is 0 Å². The van der Waals surface area contributed by atoms with Crippen molar-refractivity contribution in [2.75, 3.05) is 17.9 Å². The van der Waals surface area contributed by atoms with Crippen LogP contribution < -0.4 is 24.6 Å². The van der Waals surface area contributed by atoms with Crippen molar-refractivity contribution in [2.45, 2.75) is 31.6 Å². The van der Waals surface area contributed by atoms with Crippen molar-refractivity contribution in [3.05, 3.63) is 53.0 Å². The monoisotopic (exact) mass is 547 g/mol. The molecule has 4 aromatic rings. The van der Waals surface area contributed by atoms with E-state index in [9.17, 15) is 17.6 Å². The average Bonchev–Trinajstić information content (AvgIpc) is 3.41. The highest BCUT2D eigenvalue weighted by atomic mass is 32.2. The van der Waals surface area contributed by atoms with Crippen molar-refractivity contribution in [1.82, 2.24) is 18.9 Å². The lowest BCUT2D eigenvalue weighted by atomic mass is 10.2. The Kier molecular flexibility index (Phi) is 7.67. The molecule has 13 heteroatoms. The van der Waals surface area contributed by atoms with Gasteiger partial charge < -0.3 is 14.2 Å². The van der Waals surface area contributed by atoms with Gasteiger partial charge in [-0.3, -0.25) is 18.5 Å². The minimum Gasteiger partial charge on any atom is -0.490 e. The Balaban J connectivity index is 1.84. The largest absolute Gasteiger partial charge is 0.490 e. The maximum Gasteiger partial charge on any atom is 0.328 e. The summed E-state index contributed by atoms with van der Waals surface area (Å²) < 4.78 is 65.2. The molecular formula is C25H30FN5O6S. The molecule has 0 radical (unpaired) electrons. The van der Waals surface area contributed by atoms with Crippen molar-refractivity contribution in [2.24, 2.45) is 21.1 Å². The molecule has 0 aliphatic heterocycles. The van der Waals surface area contributed by atoms with Crippen LogP contribution in [0.1, 0.15) is 26.7 Å². The zero-order chi connectivity index (χ0) is 27.6. The Hall–Kier alpha value is -4.00. The molecule has 0 aliphatic rings. The number of aryl methyl sites for hydroxylation is 3. The highest BCUT2D eigenvalue weighted by molar-refractivity contribution is 7.92. The standard InChI is InChI=1S/C25H30FN5O6S/c1-6-8-35-22-10-16(11-23(24(22)26)36-9-7-2)37-21-13-20-19(30(4)25(32)31(20)5)12-18(21)28-38(33,34)17-14-27-29(3)15-17/h10-15,28H,6-9H2,1-5H3. The molecule has 204 valence electrons. The quantitative estimate of drug-likeness (QED) is 0.302. The number of rotatable bonds is 11. The normalized spacial score (nSPS) is 11.6. The minimum absolute atomic E-state index is 0.0545. The van der Waals surface area contributed by atoms with Crippen LogP contribution in [0.2, 0.25) is 0 Å². The first-order chi connectivity index (χ1) is 18.1. The summed E-state index contributed by atoms with van der Waals surface area (Å²) in [4.78, 5) is 12.5. The lowest BCUT2D eigenvalue weighted by molar-refractivity contribution is 0.271. The average molecular weight is 548 g/mol. The van der Waals surface area contributed by atoms with E-state index in [1.165, 1.54) is 44.4 Å². The summed E-state index contributed by atoms with van der Waals surface area (Å²) >= 11 is 0. The molecule has 0 spiro atoms. The van der Waals surface area contributed by atoms with Gasteiger partial charge in [0.2, 0.25) is 5.82 Å². The van der Waals surface area contributed by atoms with Gasteiger partial charge in [0.25, 0.3) is 10.0 Å². The second-order valence-corrected chi connectivity index (χ2v) is 10.4. The fourth-order valence-electron chi connectivity index (χ4n) is 3.80. The molecule has 0 aliphatic carbocycles. The van der Waals surface area contributed by atoms with E-state index in [4.69, 9.17) is 14.2 Å². The molecule has 2 aromatic heterocycles. The number of benzene rings is 2. The van der Waals surface area contributed by atoms with E-state index >= 15 is 0 Å². The number of ether oxygens (including phenoxy) is 3. The van der Waals surface area contributed by atoms with Gasteiger partial charge in [0.15, 0.2) is 17.2 Å². The van der Waals surface area contributed by atoms with Crippen LogP contribution in [-0.2, 0) is 31.2 Å². The predicted octanol–water partition coefficient (Wildman–Crippen LogP) is 3.92. The topological polar surface area (TPSA) is 119 Å². The summed E-state index contributed by atoms with van der Waals surface area (Å²) in [7, 11) is 0.724. The molecule has 0 unspecified atom stereocenters. The number of hydrogen-bond donors (Lipinski definition) is 1. The number of imidazole rings is 1. The number of sulfonamides is 1. The number of nitrogens with zero attached hydrogens (tertiary/aromatic N) is 4. The van der Waals surface area contributed by atoms with Crippen molar-refractivity contribution >= 4 is 26.7 Å². The molecule has 2 aromatic carbocycles. The summed E-state index contributed by atoms with van der Waals surface area (Å²) in [5, 5.41) is 3.92. The van der Waals surface area contributed by atoms with Gasteiger partial charge in [0.1, 0.15) is 10.6 Å². The molecule has 0 saturated carbocycles. The lowest BCUT2D eigenvalue weighted by Crippen LogP contribution is -2.19. The number of anilines is 1. The number of hydrogen-bond acceptors (Lipinski definition) is 7. The number of aromatic nitrogens is 4. The smallest absolute Gasteiger partial charge is 0.328 e. The van der Waals surface area contributed by atoms with Crippen LogP contribution in [0.3, 0.4) is 0 Å². The summed E-state index contributed by atoms with van der Waals surface area (Å²) in [6, 6.07) is 5.79. The van der Waals surface area contributed by atoms with Crippen LogP contribution >= 0.6 is 0 Å². The van der Waals surface area contributed by atoms with Crippen molar-refractivity contribution in [3.8, 4) is 23.0 Å². The highest BCUT2D eigenvalue weighted by Gasteiger charge is 2.22. The Morgan fingerprint density at radius 1 is 0.921 bits per heavy atom. The van der Waals surface area contributed by atoms with Crippen molar-refractivity contribution in [1.29, 1.82) is 0 Å². The van der Waals surface area contributed by atoms with Gasteiger partial charge in [-0.15, -0.1) is 0 Å². The minimum atomic E-state index is -4.06. The Bertz CT molecular complexity index is 1610. The van der Waals surface area contributed by atoms with Crippen molar-refractivity contribution in [3.63, 3.8) is 0 Å². The third-order valence-corrected chi connectivity index (χ3v) is 7.06. The third-order valence-electron chi connectivity index (χ3n) is 5.74. The zero-order valence-electron chi connectivity index (χ0n) is 21.8. The molecule has 0 atom stereocenters. The molecule has 0 amide bonds. The Morgan fingerprint density at radius 2 is 1.50 bits per heavy atom. The molecule has 1 N–H and O–H groups in total. The van der Waals surface area contributed by atoms with E-state index in [2.05, 4.69) is 9.82 Å². The first-order valence-corrected chi connectivity index (χ1v) is 13.5. The molecule has 11 nitrogen and oxygen atoms in total. The zero-order valence-corrected chi connectivity index (χ0v) is 22.6. The van der Waals surface area contributed by atoms with Crippen LogP contribution in [0, 0.1) is 5.82 Å². The molecule has 38 heavy (non-hydrogen) atoms. The fourth-order valence-corrected chi connectivity index (χ4v) is 4.84. The van der Waals surface area contributed by atoms with Gasteiger partial charge in [0.05, 0.1) is 36.1 Å². The first-order valence-electron chi connectivity index (χ1n) is 12.0. The summed E-state index contributed by atoms with van der Waals surface area (Å²) in [5.41, 5.74) is 0.750. The third kappa shape index (κ3) is 5.32. The maximum atomic E-state index is 15.0. The van der Waals surface area contributed by atoms with Gasteiger partial charge in [-0.1, -0.05) is 13.8 Å². The van der Waals surface area contributed by atoms with Gasteiger partial charge in [-0.05, 0) is 18.9 Å². The predicted molar refractivity (Wildman–Crippen MR) is 140 cm³/mol. The summed E-state index contributed by atoms with van der Waals surface area (Å²) in [6.45, 7) is 4.35. The molecule has 0 fully saturated rings. The first kappa shape index (κ1) is 27.0. The van der Waals surface area contributed by atoms with Crippen LogP contribution in [0.5, 0.6) is 23.0 Å². The summed E-state index contributed by atoms with van der Waals surface area (Å²) in [5.74, 6) is -0.522. The molecule has 4 rings (SSSR count). The molecular weight excluding hydrogens is 517 g/mol. The van der Waals surface area contributed by atoms with E-state index < -0.39 is 15.8 Å². The van der Waals surface area contributed by atoms with E-state index in [1.807, 2.05) is 13.8 Å². The van der Waals surface area contributed by atoms with Crippen LogP contribution in [0.15, 0.2) is 46.3 Å². The van der Waals surface area contributed by atoms with Crippen molar-refractivity contribution < 1.29 is 27.0 Å². The highest BCUT2D eigenvalue weighted by Crippen LogP contribution is 2.39. The second-order valence-electron chi connectivity index (χ2n) is 8.73. The second kappa shape index (κ2) is 10.8. The van der Waals surface area contributed by atoms with E-state index in [1.54, 1.807) is 27.2 Å². The maximum absolute atomic E-state index is 15.0. The Morgan fingerprint density at radius 3 is 2.03 bits per heavy atom. The summed E-state index contributed by atoms with van der Waals surface area (Å²) in [6.07, 6.45) is 3.89. The van der Waals surface area contributed by atoms with Gasteiger partial charge in [-0.2, -0.15) is 9.49 Å². The van der Waals surface area contributed by atoms with Gasteiger partial charge >= 0.3 is 5.69 Å². The number of fused-ring (bicyclic) bond motifs is 1. The van der Waals surface area contributed by atoms with Crippen LogP contribution in [-0.4, -0.2) is 40.5 Å². The SMILES string of the molecule is CCCOc1cc(Oc2cc3c(cc2NS(=O)(=O)c2cnn(C)c2)n(C)c(=O)n3C)cc(OCCC)c1F. The van der Waals surface area contributed by atoms with Crippen LogP contribution in [0.25, 0.3) is 11.0 Å². The number of nitrogens with one attached hydrogen (secondary N) is 1. The van der Waals surface area contributed by atoms with Gasteiger partial charge in [0, 0.05) is 45.5 Å².